The van der Waals surface area contributed by atoms with E-state index in [2.05, 4.69) is 10.3 Å². The molecular weight excluding hydrogens is 269 g/mol. The Bertz CT molecular complexity index is 541. The monoisotopic (exact) mass is 281 g/mol. The Hall–Kier alpha value is -1.03. The maximum atomic E-state index is 5.99. The van der Waals surface area contributed by atoms with Crippen molar-refractivity contribution in [3.63, 3.8) is 0 Å². The van der Waals surface area contributed by atoms with Crippen molar-refractivity contribution in [2.45, 2.75) is 25.4 Å². The summed E-state index contributed by atoms with van der Waals surface area (Å²) in [6.07, 6.45) is 6.35. The average Bonchev–Trinajstić information content (AvgIpc) is 3.02. The molecule has 1 fully saturated rings. The van der Waals surface area contributed by atoms with E-state index >= 15 is 0 Å². The summed E-state index contributed by atoms with van der Waals surface area (Å²) in [6, 6.07) is 6.15. The highest BCUT2D eigenvalue weighted by Gasteiger charge is 2.20. The lowest BCUT2D eigenvalue weighted by Gasteiger charge is -2.03. The van der Waals surface area contributed by atoms with E-state index in [1.54, 1.807) is 12.4 Å². The molecule has 1 saturated carbocycles. The number of aromatic nitrogens is 2. The summed E-state index contributed by atoms with van der Waals surface area (Å²) in [6.45, 7) is 0.811. The number of nitrogens with zero attached hydrogens (tertiary/aromatic N) is 2. The van der Waals surface area contributed by atoms with E-state index in [0.717, 1.165) is 17.9 Å². The average molecular weight is 282 g/mol. The lowest BCUT2D eigenvalue weighted by molar-refractivity contribution is 0.677. The van der Waals surface area contributed by atoms with Gasteiger partial charge in [0.2, 0.25) is 0 Å². The summed E-state index contributed by atoms with van der Waals surface area (Å²) >= 11 is 12.0. The zero-order valence-electron chi connectivity index (χ0n) is 9.74. The highest BCUT2D eigenvalue weighted by molar-refractivity contribution is 6.34. The van der Waals surface area contributed by atoms with E-state index in [4.69, 9.17) is 23.2 Å². The molecule has 2 aromatic rings. The van der Waals surface area contributed by atoms with Crippen LogP contribution in [0, 0.1) is 0 Å². The molecule has 3 nitrogen and oxygen atoms in total. The van der Waals surface area contributed by atoms with Crippen LogP contribution in [0.3, 0.4) is 0 Å². The summed E-state index contributed by atoms with van der Waals surface area (Å²) in [5.74, 6) is 0. The summed E-state index contributed by atoms with van der Waals surface area (Å²) in [4.78, 5) is 4.37. The molecule has 18 heavy (non-hydrogen) atoms. The minimum absolute atomic E-state index is 0.629. The van der Waals surface area contributed by atoms with Gasteiger partial charge in [0.25, 0.3) is 0 Å². The second kappa shape index (κ2) is 4.92. The molecule has 0 saturated heterocycles. The first kappa shape index (κ1) is 12.0. The van der Waals surface area contributed by atoms with Gasteiger partial charge in [-0.2, -0.15) is 0 Å². The summed E-state index contributed by atoms with van der Waals surface area (Å²) in [7, 11) is 0. The van der Waals surface area contributed by atoms with Gasteiger partial charge in [-0.05, 0) is 31.0 Å². The Kier molecular flexibility index (Phi) is 3.29. The van der Waals surface area contributed by atoms with Crippen molar-refractivity contribution in [3.8, 4) is 5.69 Å². The van der Waals surface area contributed by atoms with Crippen LogP contribution in [0.1, 0.15) is 18.5 Å². The van der Waals surface area contributed by atoms with Gasteiger partial charge < -0.3 is 9.88 Å². The number of nitrogens with one attached hydrogen (secondary N) is 1. The van der Waals surface area contributed by atoms with E-state index in [0.29, 0.717) is 16.1 Å². The molecule has 0 atom stereocenters. The fourth-order valence-corrected chi connectivity index (χ4v) is 2.34. The third kappa shape index (κ3) is 2.86. The number of rotatable bonds is 4. The largest absolute Gasteiger partial charge is 0.308 e. The smallest absolute Gasteiger partial charge is 0.0995 e. The molecule has 94 valence electrons. The van der Waals surface area contributed by atoms with Crippen LogP contribution < -0.4 is 5.32 Å². The Morgan fingerprint density at radius 1 is 1.22 bits per heavy atom. The van der Waals surface area contributed by atoms with E-state index in [9.17, 15) is 0 Å². The maximum Gasteiger partial charge on any atom is 0.0995 e. The van der Waals surface area contributed by atoms with Crippen LogP contribution in [0.15, 0.2) is 30.7 Å². The van der Waals surface area contributed by atoms with Gasteiger partial charge in [0, 0.05) is 34.5 Å². The van der Waals surface area contributed by atoms with E-state index in [1.807, 2.05) is 22.9 Å². The molecule has 1 aliphatic carbocycles. The van der Waals surface area contributed by atoms with Crippen LogP contribution in [0.2, 0.25) is 10.0 Å². The first-order valence-electron chi connectivity index (χ1n) is 5.93. The van der Waals surface area contributed by atoms with E-state index < -0.39 is 0 Å². The number of hydrogen-bond acceptors (Lipinski definition) is 2. The molecule has 1 aliphatic rings. The zero-order valence-corrected chi connectivity index (χ0v) is 11.2. The van der Waals surface area contributed by atoms with Crippen molar-refractivity contribution >= 4 is 23.2 Å². The molecule has 0 bridgehead atoms. The molecule has 0 spiro atoms. The second-order valence-electron chi connectivity index (χ2n) is 4.56. The Morgan fingerprint density at radius 2 is 1.94 bits per heavy atom. The van der Waals surface area contributed by atoms with Crippen molar-refractivity contribution in [1.29, 1.82) is 0 Å². The van der Waals surface area contributed by atoms with Gasteiger partial charge in [-0.1, -0.05) is 23.2 Å². The topological polar surface area (TPSA) is 29.9 Å². The maximum absolute atomic E-state index is 5.99. The van der Waals surface area contributed by atoms with Crippen molar-refractivity contribution in [3.05, 3.63) is 46.5 Å². The van der Waals surface area contributed by atoms with Gasteiger partial charge in [-0.25, -0.2) is 4.98 Å². The van der Waals surface area contributed by atoms with E-state index in [-0.39, 0.29) is 0 Å². The predicted molar refractivity (Wildman–Crippen MR) is 73.4 cm³/mol. The molecule has 1 N–H and O–H groups in total. The van der Waals surface area contributed by atoms with Crippen molar-refractivity contribution < 1.29 is 0 Å². The van der Waals surface area contributed by atoms with Gasteiger partial charge >= 0.3 is 0 Å². The Balaban J connectivity index is 1.78. The first-order valence-corrected chi connectivity index (χ1v) is 6.69. The number of hydrogen-bond donors (Lipinski definition) is 1. The van der Waals surface area contributed by atoms with Crippen LogP contribution in [0.25, 0.3) is 5.69 Å². The van der Waals surface area contributed by atoms with Crippen molar-refractivity contribution in [1.82, 2.24) is 14.9 Å². The fourth-order valence-electron chi connectivity index (χ4n) is 1.82. The molecule has 3 rings (SSSR count). The van der Waals surface area contributed by atoms with Gasteiger partial charge in [0.1, 0.15) is 0 Å². The Morgan fingerprint density at radius 3 is 2.61 bits per heavy atom. The molecule has 0 amide bonds. The first-order chi connectivity index (χ1) is 8.70. The molecule has 1 aromatic heterocycles. The second-order valence-corrected chi connectivity index (χ2v) is 5.43. The van der Waals surface area contributed by atoms with Crippen LogP contribution in [0.5, 0.6) is 0 Å². The molecular formula is C13H13Cl2N3. The lowest BCUT2D eigenvalue weighted by Crippen LogP contribution is -2.15. The molecule has 1 heterocycles. The molecule has 1 aromatic carbocycles. The highest BCUT2D eigenvalue weighted by atomic mass is 35.5. The third-order valence-corrected chi connectivity index (χ3v) is 3.37. The summed E-state index contributed by atoms with van der Waals surface area (Å²) in [5.41, 5.74) is 1.95. The van der Waals surface area contributed by atoms with Crippen LogP contribution in [0.4, 0.5) is 0 Å². The van der Waals surface area contributed by atoms with Crippen LogP contribution in [-0.4, -0.2) is 15.6 Å². The standard InChI is InChI=1S/C13H13Cl2N3/c14-9-3-10(15)5-13(4-9)18-7-12(17-8-18)6-16-11-1-2-11/h3-5,7-8,11,16H,1-2,6H2. The minimum atomic E-state index is 0.629. The van der Waals surface area contributed by atoms with Gasteiger partial charge in [0.15, 0.2) is 0 Å². The van der Waals surface area contributed by atoms with Crippen molar-refractivity contribution in [2.24, 2.45) is 0 Å². The van der Waals surface area contributed by atoms with Crippen LogP contribution in [-0.2, 0) is 6.54 Å². The molecule has 0 radical (unpaired) electrons. The third-order valence-electron chi connectivity index (χ3n) is 2.93. The van der Waals surface area contributed by atoms with Gasteiger partial charge in [0.05, 0.1) is 12.0 Å². The highest BCUT2D eigenvalue weighted by Crippen LogP contribution is 2.22. The quantitative estimate of drug-likeness (QED) is 0.931. The van der Waals surface area contributed by atoms with E-state index in [1.165, 1.54) is 12.8 Å². The SMILES string of the molecule is Clc1cc(Cl)cc(-n2cnc(CNC3CC3)c2)c1. The fraction of sp³-hybridized carbons (Fsp3) is 0.308. The number of halogens is 2. The minimum Gasteiger partial charge on any atom is -0.308 e. The molecule has 5 heteroatoms. The lowest BCUT2D eigenvalue weighted by atomic mass is 10.3. The predicted octanol–water partition coefficient (Wildman–Crippen LogP) is 3.43. The summed E-state index contributed by atoms with van der Waals surface area (Å²) < 4.78 is 1.93. The Labute approximate surface area is 116 Å². The molecule has 0 unspecified atom stereocenters. The zero-order chi connectivity index (χ0) is 12.5. The number of imidazole rings is 1. The van der Waals surface area contributed by atoms with Gasteiger partial charge in [-0.15, -0.1) is 0 Å². The van der Waals surface area contributed by atoms with Crippen molar-refractivity contribution in [2.75, 3.05) is 0 Å². The van der Waals surface area contributed by atoms with Crippen LogP contribution >= 0.6 is 23.2 Å². The normalized spacial score (nSPS) is 15.0. The summed E-state index contributed by atoms with van der Waals surface area (Å²) in [5, 5.41) is 4.69. The number of benzene rings is 1. The van der Waals surface area contributed by atoms with Gasteiger partial charge in [-0.3, -0.25) is 0 Å². The molecule has 0 aliphatic heterocycles.